The molecule has 1 atom stereocenters. The van der Waals surface area contributed by atoms with E-state index in [-0.39, 0.29) is 23.4 Å². The van der Waals surface area contributed by atoms with Gasteiger partial charge in [-0.25, -0.2) is 4.79 Å². The first-order valence-electron chi connectivity index (χ1n) is 10.2. The van der Waals surface area contributed by atoms with E-state index in [9.17, 15) is 9.90 Å². The number of carbonyl (C=O) groups excluding carboxylic acids is 1. The Morgan fingerprint density at radius 3 is 2.31 bits per heavy atom. The molecule has 0 aliphatic heterocycles. The summed E-state index contributed by atoms with van der Waals surface area (Å²) >= 11 is 1.50. The van der Waals surface area contributed by atoms with Crippen LogP contribution in [0, 0.1) is 12.3 Å². The van der Waals surface area contributed by atoms with Crippen LogP contribution in [-0.4, -0.2) is 30.9 Å². The highest BCUT2D eigenvalue weighted by atomic mass is 32.1. The number of hydrogen-bond acceptors (Lipinski definition) is 5. The molecule has 0 saturated heterocycles. The monoisotopic (exact) mass is 418 g/mol. The lowest BCUT2D eigenvalue weighted by molar-refractivity contribution is 0.0216. The van der Waals surface area contributed by atoms with Crippen LogP contribution >= 0.6 is 11.3 Å². The predicted molar refractivity (Wildman–Crippen MR) is 119 cm³/mol. The van der Waals surface area contributed by atoms with Crippen molar-refractivity contribution in [3.63, 3.8) is 0 Å². The molecule has 0 fully saturated rings. The number of thiophene rings is 1. The molecule has 5 heteroatoms. The minimum absolute atomic E-state index is 0.162. The van der Waals surface area contributed by atoms with Crippen molar-refractivity contribution in [2.45, 2.75) is 65.9 Å². The zero-order valence-corrected chi connectivity index (χ0v) is 19.5. The number of methoxy groups -OCH3 is 1. The topological polar surface area (TPSA) is 55.8 Å². The summed E-state index contributed by atoms with van der Waals surface area (Å²) in [5.74, 6) is 0.499. The Kier molecular flexibility index (Phi) is 7.52. The van der Waals surface area contributed by atoms with Crippen molar-refractivity contribution in [1.29, 1.82) is 0 Å². The number of rotatable bonds is 8. The molecule has 0 aliphatic carbocycles. The average molecular weight is 419 g/mol. The van der Waals surface area contributed by atoms with Crippen LogP contribution in [0.2, 0.25) is 0 Å². The molecular formula is C24H34O4S. The zero-order chi connectivity index (χ0) is 21.8. The number of ether oxygens (including phenoxy) is 2. The van der Waals surface area contributed by atoms with Crippen LogP contribution in [0.25, 0.3) is 0 Å². The summed E-state index contributed by atoms with van der Waals surface area (Å²) < 4.78 is 10.8. The van der Waals surface area contributed by atoms with E-state index in [2.05, 4.69) is 26.0 Å². The van der Waals surface area contributed by atoms with Gasteiger partial charge in [-0.3, -0.25) is 0 Å². The first-order chi connectivity index (χ1) is 13.6. The zero-order valence-electron chi connectivity index (χ0n) is 18.7. The first kappa shape index (κ1) is 23.4. The van der Waals surface area contributed by atoms with Crippen molar-refractivity contribution in [3.8, 4) is 5.75 Å². The van der Waals surface area contributed by atoms with Crippen LogP contribution in [0.3, 0.4) is 0 Å². The molecular weight excluding hydrogens is 384 g/mol. The predicted octanol–water partition coefficient (Wildman–Crippen LogP) is 5.74. The number of esters is 1. The molecule has 2 rings (SSSR count). The van der Waals surface area contributed by atoms with Crippen molar-refractivity contribution in [1.82, 2.24) is 0 Å². The number of benzene rings is 1. The minimum Gasteiger partial charge on any atom is -0.491 e. The van der Waals surface area contributed by atoms with Gasteiger partial charge in [0.15, 0.2) is 0 Å². The summed E-state index contributed by atoms with van der Waals surface area (Å²) in [4.78, 5) is 13.7. The summed E-state index contributed by atoms with van der Waals surface area (Å²) in [7, 11) is 1.41. The van der Waals surface area contributed by atoms with Gasteiger partial charge in [-0.1, -0.05) is 46.8 Å². The van der Waals surface area contributed by atoms with Gasteiger partial charge in [0.1, 0.15) is 17.2 Å². The molecule has 0 aliphatic rings. The second-order valence-electron chi connectivity index (χ2n) is 8.62. The Morgan fingerprint density at radius 2 is 1.79 bits per heavy atom. The van der Waals surface area contributed by atoms with Crippen LogP contribution in [0.4, 0.5) is 0 Å². The lowest BCUT2D eigenvalue weighted by Gasteiger charge is -2.32. The fraction of sp³-hybridized carbons (Fsp3) is 0.542. The normalized spacial score (nSPS) is 13.2. The van der Waals surface area contributed by atoms with Crippen LogP contribution in [0.5, 0.6) is 5.75 Å². The summed E-state index contributed by atoms with van der Waals surface area (Å²) in [5.41, 5.74) is 1.87. The molecule has 4 nitrogen and oxygen atoms in total. The summed E-state index contributed by atoms with van der Waals surface area (Å²) in [6.07, 6.45) is 1.31. The van der Waals surface area contributed by atoms with Gasteiger partial charge >= 0.3 is 5.97 Å². The highest BCUT2D eigenvalue weighted by Gasteiger charge is 2.33. The maximum Gasteiger partial charge on any atom is 0.348 e. The van der Waals surface area contributed by atoms with Crippen molar-refractivity contribution >= 4 is 17.3 Å². The van der Waals surface area contributed by atoms with Crippen LogP contribution in [-0.2, 0) is 10.2 Å². The van der Waals surface area contributed by atoms with Gasteiger partial charge in [0.05, 0.1) is 13.2 Å². The van der Waals surface area contributed by atoms with Crippen LogP contribution < -0.4 is 4.74 Å². The number of aliphatic hydroxyl groups is 1. The van der Waals surface area contributed by atoms with E-state index in [0.29, 0.717) is 4.88 Å². The molecule has 0 amide bonds. The molecule has 0 spiro atoms. The van der Waals surface area contributed by atoms with Gasteiger partial charge in [0, 0.05) is 10.3 Å². The molecule has 1 N–H and O–H groups in total. The van der Waals surface area contributed by atoms with Crippen molar-refractivity contribution in [2.24, 2.45) is 5.41 Å². The van der Waals surface area contributed by atoms with E-state index >= 15 is 0 Å². The Hall–Kier alpha value is -1.85. The molecule has 0 bridgehead atoms. The van der Waals surface area contributed by atoms with E-state index in [1.54, 1.807) is 0 Å². The molecule has 160 valence electrons. The Morgan fingerprint density at radius 1 is 1.14 bits per heavy atom. The smallest absolute Gasteiger partial charge is 0.348 e. The molecule has 29 heavy (non-hydrogen) atoms. The highest BCUT2D eigenvalue weighted by molar-refractivity contribution is 7.14. The Balaban J connectivity index is 2.33. The molecule has 2 aromatic rings. The summed E-state index contributed by atoms with van der Waals surface area (Å²) in [6, 6.07) is 10.2. The third-order valence-electron chi connectivity index (χ3n) is 5.80. The van der Waals surface area contributed by atoms with Crippen LogP contribution in [0.15, 0.2) is 30.3 Å². The third kappa shape index (κ3) is 5.01. The maximum atomic E-state index is 11.9. The van der Waals surface area contributed by atoms with Crippen molar-refractivity contribution in [3.05, 3.63) is 51.2 Å². The van der Waals surface area contributed by atoms with E-state index in [4.69, 9.17) is 9.47 Å². The van der Waals surface area contributed by atoms with E-state index < -0.39 is 6.10 Å². The lowest BCUT2D eigenvalue weighted by atomic mass is 9.74. The van der Waals surface area contributed by atoms with Gasteiger partial charge in [-0.05, 0) is 54.5 Å². The van der Waals surface area contributed by atoms with Gasteiger partial charge in [0.2, 0.25) is 0 Å². The van der Waals surface area contributed by atoms with Gasteiger partial charge in [-0.15, -0.1) is 11.3 Å². The van der Waals surface area contributed by atoms with E-state index in [0.717, 1.165) is 24.2 Å². The Bertz CT molecular complexity index is 828. The molecule has 0 radical (unpaired) electrons. The highest BCUT2D eigenvalue weighted by Crippen LogP contribution is 2.43. The van der Waals surface area contributed by atoms with E-state index in [1.807, 2.05) is 45.9 Å². The first-order valence-corrected chi connectivity index (χ1v) is 11.0. The molecule has 1 heterocycles. The SMILES string of the molecule is CCC(CC)(c1ccc(OCC(O)C(C)(C)C)c(C)c1)c1ccc(C(=O)OC)s1. The minimum atomic E-state index is -0.533. The number of hydrogen-bond donors (Lipinski definition) is 1. The molecule has 1 aromatic heterocycles. The van der Waals surface area contributed by atoms with Gasteiger partial charge < -0.3 is 14.6 Å². The summed E-state index contributed by atoms with van der Waals surface area (Å²) in [6.45, 7) is 12.7. The molecule has 0 saturated carbocycles. The maximum absolute atomic E-state index is 11.9. The lowest BCUT2D eigenvalue weighted by Crippen LogP contribution is -2.32. The number of aliphatic hydroxyl groups excluding tert-OH is 1. The summed E-state index contributed by atoms with van der Waals surface area (Å²) in [5, 5.41) is 10.3. The fourth-order valence-corrected chi connectivity index (χ4v) is 4.76. The van der Waals surface area contributed by atoms with Crippen molar-refractivity contribution < 1.29 is 19.4 Å². The number of carbonyl (C=O) groups is 1. The Labute approximate surface area is 178 Å². The largest absolute Gasteiger partial charge is 0.491 e. The van der Waals surface area contributed by atoms with Gasteiger partial charge in [-0.2, -0.15) is 0 Å². The van der Waals surface area contributed by atoms with E-state index in [1.165, 1.54) is 28.9 Å². The molecule has 1 aromatic carbocycles. The van der Waals surface area contributed by atoms with Crippen LogP contribution in [0.1, 0.15) is 73.1 Å². The molecule has 1 unspecified atom stereocenters. The van der Waals surface area contributed by atoms with Crippen molar-refractivity contribution in [2.75, 3.05) is 13.7 Å². The second kappa shape index (κ2) is 9.31. The third-order valence-corrected chi connectivity index (χ3v) is 7.06. The average Bonchev–Trinajstić information content (AvgIpc) is 3.17. The second-order valence-corrected chi connectivity index (χ2v) is 9.70. The standard InChI is InChI=1S/C24H34O4S/c1-8-24(9-2,21-13-12-19(29-21)22(26)27-7)17-10-11-18(16(3)14-17)28-15-20(25)23(4,5)6/h10-14,20,25H,8-9,15H2,1-7H3. The quantitative estimate of drug-likeness (QED) is 0.556. The van der Waals surface area contributed by atoms with Gasteiger partial charge in [0.25, 0.3) is 0 Å². The number of aryl methyl sites for hydroxylation is 1. The fourth-order valence-electron chi connectivity index (χ4n) is 3.48.